The van der Waals surface area contributed by atoms with Gasteiger partial charge in [-0.25, -0.2) is 0 Å². The van der Waals surface area contributed by atoms with Gasteiger partial charge in [0.05, 0.1) is 12.8 Å². The van der Waals surface area contributed by atoms with Crippen LogP contribution in [0.5, 0.6) is 5.75 Å². The number of anilines is 1. The van der Waals surface area contributed by atoms with Crippen molar-refractivity contribution in [2.75, 3.05) is 18.6 Å². The second-order valence-corrected chi connectivity index (χ2v) is 4.70. The molecule has 0 N–H and O–H groups in total. The number of ketones is 1. The molecule has 0 unspecified atom stereocenters. The lowest BCUT2D eigenvalue weighted by atomic mass is 9.98. The fourth-order valence-electron chi connectivity index (χ4n) is 2.11. The van der Waals surface area contributed by atoms with E-state index in [9.17, 15) is 9.59 Å². The third-order valence-electron chi connectivity index (χ3n) is 3.12. The Hall–Kier alpha value is -1.84. The highest BCUT2D eigenvalue weighted by atomic mass is 16.5. The Morgan fingerprint density at radius 2 is 2.11 bits per heavy atom. The van der Waals surface area contributed by atoms with Crippen LogP contribution in [0.1, 0.15) is 30.6 Å². The molecule has 1 aromatic carbocycles. The van der Waals surface area contributed by atoms with Crippen LogP contribution in [-0.2, 0) is 4.79 Å². The van der Waals surface area contributed by atoms with Crippen molar-refractivity contribution in [3.05, 3.63) is 23.8 Å². The molecule has 18 heavy (non-hydrogen) atoms. The second kappa shape index (κ2) is 4.80. The maximum Gasteiger partial charge on any atom is 0.229 e. The van der Waals surface area contributed by atoms with E-state index in [1.807, 2.05) is 13.8 Å². The summed E-state index contributed by atoms with van der Waals surface area (Å²) in [5.74, 6) is 0.694. The highest BCUT2D eigenvalue weighted by Crippen LogP contribution is 2.31. The van der Waals surface area contributed by atoms with E-state index >= 15 is 0 Å². The van der Waals surface area contributed by atoms with Crippen LogP contribution in [0.25, 0.3) is 0 Å². The zero-order valence-electron chi connectivity index (χ0n) is 10.9. The molecule has 0 aromatic heterocycles. The topological polar surface area (TPSA) is 46.6 Å². The molecule has 4 heteroatoms. The Labute approximate surface area is 107 Å². The molecule has 4 nitrogen and oxygen atoms in total. The van der Waals surface area contributed by atoms with Crippen LogP contribution < -0.4 is 9.64 Å². The van der Waals surface area contributed by atoms with Crippen LogP contribution >= 0.6 is 0 Å². The molecule has 0 saturated heterocycles. The standard InChI is InChI=1S/C14H17NO3/c1-9(2)14(17)15-7-6-13(16)11-5-4-10(18-3)8-12(11)15/h4-5,8-9H,6-7H2,1-3H3. The summed E-state index contributed by atoms with van der Waals surface area (Å²) >= 11 is 0. The van der Waals surface area contributed by atoms with Crippen molar-refractivity contribution in [1.82, 2.24) is 0 Å². The summed E-state index contributed by atoms with van der Waals surface area (Å²) < 4.78 is 5.15. The quantitative estimate of drug-likeness (QED) is 0.805. The van der Waals surface area contributed by atoms with Crippen molar-refractivity contribution in [3.8, 4) is 5.75 Å². The largest absolute Gasteiger partial charge is 0.497 e. The van der Waals surface area contributed by atoms with Crippen LogP contribution in [0.2, 0.25) is 0 Å². The minimum Gasteiger partial charge on any atom is -0.497 e. The number of carbonyl (C=O) groups is 2. The monoisotopic (exact) mass is 247 g/mol. The highest BCUT2D eigenvalue weighted by Gasteiger charge is 2.28. The number of benzene rings is 1. The summed E-state index contributed by atoms with van der Waals surface area (Å²) in [6, 6.07) is 5.24. The smallest absolute Gasteiger partial charge is 0.229 e. The molecule has 0 radical (unpaired) electrons. The second-order valence-electron chi connectivity index (χ2n) is 4.70. The third-order valence-corrected chi connectivity index (χ3v) is 3.12. The van der Waals surface area contributed by atoms with Gasteiger partial charge in [0.1, 0.15) is 5.75 Å². The minimum absolute atomic E-state index is 0.0389. The normalized spacial score (nSPS) is 14.7. The van der Waals surface area contributed by atoms with Gasteiger partial charge in [0.15, 0.2) is 5.78 Å². The van der Waals surface area contributed by atoms with E-state index in [2.05, 4.69) is 0 Å². The fraction of sp³-hybridized carbons (Fsp3) is 0.429. The predicted octanol–water partition coefficient (Wildman–Crippen LogP) is 2.27. The first-order chi connectivity index (χ1) is 8.54. The Balaban J connectivity index is 2.47. The predicted molar refractivity (Wildman–Crippen MR) is 69.1 cm³/mol. The van der Waals surface area contributed by atoms with E-state index in [4.69, 9.17) is 4.74 Å². The number of nitrogens with zero attached hydrogens (tertiary/aromatic N) is 1. The Morgan fingerprint density at radius 1 is 1.39 bits per heavy atom. The van der Waals surface area contributed by atoms with E-state index in [1.54, 1.807) is 30.2 Å². The van der Waals surface area contributed by atoms with E-state index in [0.717, 1.165) is 0 Å². The molecular weight excluding hydrogens is 230 g/mol. The molecule has 0 fully saturated rings. The molecule has 0 saturated carbocycles. The summed E-state index contributed by atoms with van der Waals surface area (Å²) in [7, 11) is 1.57. The van der Waals surface area contributed by atoms with Crippen LogP contribution in [0.15, 0.2) is 18.2 Å². The summed E-state index contributed by atoms with van der Waals surface area (Å²) in [6.07, 6.45) is 0.387. The lowest BCUT2D eigenvalue weighted by molar-refractivity contribution is -0.121. The molecular formula is C14H17NO3. The van der Waals surface area contributed by atoms with Crippen molar-refractivity contribution in [1.29, 1.82) is 0 Å². The zero-order valence-corrected chi connectivity index (χ0v) is 10.9. The number of hydrogen-bond acceptors (Lipinski definition) is 3. The summed E-state index contributed by atoms with van der Waals surface area (Å²) in [6.45, 7) is 4.17. The van der Waals surface area contributed by atoms with Gasteiger partial charge in [-0.15, -0.1) is 0 Å². The van der Waals surface area contributed by atoms with Crippen LogP contribution in [0.3, 0.4) is 0 Å². The van der Waals surface area contributed by atoms with Crippen molar-refractivity contribution in [2.45, 2.75) is 20.3 Å². The van der Waals surface area contributed by atoms with Gasteiger partial charge < -0.3 is 9.64 Å². The number of fused-ring (bicyclic) bond motifs is 1. The van der Waals surface area contributed by atoms with Gasteiger partial charge in [-0.3, -0.25) is 9.59 Å². The van der Waals surface area contributed by atoms with Gasteiger partial charge in [0.2, 0.25) is 5.91 Å². The Morgan fingerprint density at radius 3 is 2.72 bits per heavy atom. The molecule has 0 aliphatic carbocycles. The van der Waals surface area contributed by atoms with Crippen LogP contribution in [0.4, 0.5) is 5.69 Å². The minimum atomic E-state index is -0.0859. The molecule has 1 heterocycles. The number of amides is 1. The van der Waals surface area contributed by atoms with E-state index in [0.29, 0.717) is 30.0 Å². The first kappa shape index (κ1) is 12.6. The highest BCUT2D eigenvalue weighted by molar-refractivity contribution is 6.09. The fourth-order valence-corrected chi connectivity index (χ4v) is 2.11. The zero-order chi connectivity index (χ0) is 13.3. The van der Waals surface area contributed by atoms with E-state index < -0.39 is 0 Å². The lowest BCUT2D eigenvalue weighted by Crippen LogP contribution is -2.39. The number of methoxy groups -OCH3 is 1. The Bertz CT molecular complexity index is 494. The van der Waals surface area contributed by atoms with E-state index in [-0.39, 0.29) is 17.6 Å². The summed E-state index contributed by atoms with van der Waals surface area (Å²) in [4.78, 5) is 25.7. The lowest BCUT2D eigenvalue weighted by Gasteiger charge is -2.30. The van der Waals surface area contributed by atoms with Crippen molar-refractivity contribution < 1.29 is 14.3 Å². The van der Waals surface area contributed by atoms with Gasteiger partial charge in [0, 0.05) is 30.5 Å². The van der Waals surface area contributed by atoms with Gasteiger partial charge in [-0.1, -0.05) is 13.8 Å². The van der Waals surface area contributed by atoms with Gasteiger partial charge in [-0.2, -0.15) is 0 Å². The number of rotatable bonds is 2. The summed E-state index contributed by atoms with van der Waals surface area (Å²) in [5.41, 5.74) is 1.28. The van der Waals surface area contributed by atoms with Gasteiger partial charge in [-0.05, 0) is 12.1 Å². The molecule has 1 aliphatic heterocycles. The molecule has 0 spiro atoms. The van der Waals surface area contributed by atoms with E-state index in [1.165, 1.54) is 0 Å². The molecule has 1 aromatic rings. The SMILES string of the molecule is COc1ccc2c(c1)N(C(=O)C(C)C)CCC2=O. The number of hydrogen-bond donors (Lipinski definition) is 0. The van der Waals surface area contributed by atoms with Crippen LogP contribution in [0, 0.1) is 5.92 Å². The summed E-state index contributed by atoms with van der Waals surface area (Å²) in [5, 5.41) is 0. The number of ether oxygens (including phenoxy) is 1. The maximum absolute atomic E-state index is 12.1. The number of carbonyl (C=O) groups excluding carboxylic acids is 2. The molecule has 0 bridgehead atoms. The molecule has 0 atom stereocenters. The third kappa shape index (κ3) is 2.10. The van der Waals surface area contributed by atoms with Crippen molar-refractivity contribution >= 4 is 17.4 Å². The maximum atomic E-state index is 12.1. The van der Waals surface area contributed by atoms with Gasteiger partial charge >= 0.3 is 0 Å². The molecule has 2 rings (SSSR count). The number of Topliss-reactive ketones (excluding diaryl/α,β-unsaturated/α-hetero) is 1. The van der Waals surface area contributed by atoms with Crippen LogP contribution in [-0.4, -0.2) is 25.3 Å². The Kier molecular flexibility index (Phi) is 3.36. The van der Waals surface area contributed by atoms with Crippen molar-refractivity contribution in [3.63, 3.8) is 0 Å². The average molecular weight is 247 g/mol. The van der Waals surface area contributed by atoms with Crippen molar-refractivity contribution in [2.24, 2.45) is 5.92 Å². The average Bonchev–Trinajstić information content (AvgIpc) is 2.38. The molecule has 1 aliphatic rings. The first-order valence-electron chi connectivity index (χ1n) is 6.07. The molecule has 1 amide bonds. The first-order valence-corrected chi connectivity index (χ1v) is 6.07. The molecule has 96 valence electrons. The van der Waals surface area contributed by atoms with Gasteiger partial charge in [0.25, 0.3) is 0 Å².